The van der Waals surface area contributed by atoms with Crippen molar-refractivity contribution in [1.82, 2.24) is 0 Å². The molecule has 0 spiro atoms. The zero-order valence-electron chi connectivity index (χ0n) is 7.79. The van der Waals surface area contributed by atoms with Crippen molar-refractivity contribution in [2.24, 2.45) is 11.8 Å². The largest absolute Gasteiger partial charge is 0.393 e. The van der Waals surface area contributed by atoms with Crippen LogP contribution in [0.2, 0.25) is 0 Å². The first-order valence-corrected chi connectivity index (χ1v) is 4.49. The van der Waals surface area contributed by atoms with Crippen molar-refractivity contribution in [2.45, 2.75) is 25.9 Å². The Hall–Kier alpha value is -0.120. The first-order valence-electron chi connectivity index (χ1n) is 4.49. The summed E-state index contributed by atoms with van der Waals surface area (Å²) in [6.07, 6.45) is 0.751. The van der Waals surface area contributed by atoms with Crippen molar-refractivity contribution in [2.75, 3.05) is 19.8 Å². The summed E-state index contributed by atoms with van der Waals surface area (Å²) in [5, 5.41) is 18.1. The zero-order chi connectivity index (χ0) is 9.19. The molecular formula is C9H18O3. The molecule has 2 atom stereocenters. The second kappa shape index (κ2) is 3.73. The smallest absolute Gasteiger partial charge is 0.114 e. The Kier molecular flexibility index (Phi) is 3.09. The molecule has 0 amide bonds. The van der Waals surface area contributed by atoms with E-state index in [-0.39, 0.29) is 13.2 Å². The highest BCUT2D eigenvalue weighted by Gasteiger charge is 2.37. The molecule has 0 unspecified atom stereocenters. The van der Waals surface area contributed by atoms with Crippen LogP contribution in [0.15, 0.2) is 0 Å². The lowest BCUT2D eigenvalue weighted by atomic mass is 9.82. The highest BCUT2D eigenvalue weighted by Crippen LogP contribution is 2.31. The van der Waals surface area contributed by atoms with Crippen LogP contribution < -0.4 is 0 Å². The molecule has 0 bridgehead atoms. The lowest BCUT2D eigenvalue weighted by Crippen LogP contribution is -2.48. The monoisotopic (exact) mass is 174 g/mol. The van der Waals surface area contributed by atoms with Gasteiger partial charge in [-0.3, -0.25) is 0 Å². The van der Waals surface area contributed by atoms with E-state index in [9.17, 15) is 0 Å². The fourth-order valence-electron chi connectivity index (χ4n) is 1.59. The van der Waals surface area contributed by atoms with Gasteiger partial charge in [0, 0.05) is 0 Å². The number of aliphatic hydroxyl groups is 2. The lowest BCUT2D eigenvalue weighted by molar-refractivity contribution is -0.161. The second-order valence-corrected chi connectivity index (χ2v) is 3.97. The molecule has 1 rings (SSSR count). The molecule has 0 aromatic carbocycles. The Bertz CT molecular complexity index is 143. The highest BCUT2D eigenvalue weighted by atomic mass is 16.5. The fourth-order valence-corrected chi connectivity index (χ4v) is 1.59. The molecule has 72 valence electrons. The van der Waals surface area contributed by atoms with Gasteiger partial charge in [-0.25, -0.2) is 0 Å². The molecule has 12 heavy (non-hydrogen) atoms. The van der Waals surface area contributed by atoms with Gasteiger partial charge in [-0.1, -0.05) is 13.8 Å². The van der Waals surface area contributed by atoms with Gasteiger partial charge in [0.05, 0.1) is 19.8 Å². The maximum Gasteiger partial charge on any atom is 0.114 e. The summed E-state index contributed by atoms with van der Waals surface area (Å²) in [5.41, 5.74) is -0.675. The van der Waals surface area contributed by atoms with E-state index in [0.717, 1.165) is 6.42 Å². The van der Waals surface area contributed by atoms with Gasteiger partial charge in [0.15, 0.2) is 0 Å². The Balaban J connectivity index is 2.58. The van der Waals surface area contributed by atoms with Gasteiger partial charge in [-0.15, -0.1) is 0 Å². The molecule has 0 saturated carbocycles. The average Bonchev–Trinajstić information content (AvgIpc) is 2.10. The second-order valence-electron chi connectivity index (χ2n) is 3.97. The first kappa shape index (κ1) is 9.96. The van der Waals surface area contributed by atoms with Crippen LogP contribution >= 0.6 is 0 Å². The predicted octanol–water partition coefficient (Wildman–Crippen LogP) is 0.402. The van der Waals surface area contributed by atoms with Crippen molar-refractivity contribution in [1.29, 1.82) is 0 Å². The normalized spacial score (nSPS) is 35.0. The summed E-state index contributed by atoms with van der Waals surface area (Å²) in [5.74, 6) is 1.04. The van der Waals surface area contributed by atoms with Crippen molar-refractivity contribution < 1.29 is 14.9 Å². The number of aliphatic hydroxyl groups excluding tert-OH is 2. The van der Waals surface area contributed by atoms with Crippen LogP contribution in [-0.2, 0) is 4.74 Å². The topological polar surface area (TPSA) is 49.7 Å². The Morgan fingerprint density at radius 2 is 1.83 bits per heavy atom. The fraction of sp³-hybridized carbons (Fsp3) is 1.00. The third kappa shape index (κ3) is 1.79. The molecule has 2 N–H and O–H groups in total. The Morgan fingerprint density at radius 1 is 1.25 bits per heavy atom. The summed E-state index contributed by atoms with van der Waals surface area (Å²) in [7, 11) is 0. The molecule has 1 aliphatic rings. The standard InChI is InChI=1S/C9H18O3/c1-7-3-9(5-10,6-11)12-4-8(7)2/h7-8,10-11H,3-6H2,1-2H3/t7-,8+/m1/s1. The van der Waals surface area contributed by atoms with Gasteiger partial charge >= 0.3 is 0 Å². The van der Waals surface area contributed by atoms with Crippen molar-refractivity contribution in [3.8, 4) is 0 Å². The van der Waals surface area contributed by atoms with E-state index in [2.05, 4.69) is 13.8 Å². The predicted molar refractivity (Wildman–Crippen MR) is 45.8 cm³/mol. The summed E-state index contributed by atoms with van der Waals surface area (Å²) in [4.78, 5) is 0. The van der Waals surface area contributed by atoms with Crippen LogP contribution in [-0.4, -0.2) is 35.6 Å². The summed E-state index contributed by atoms with van der Waals surface area (Å²) in [6.45, 7) is 4.74. The number of rotatable bonds is 2. The SMILES string of the molecule is C[C@@H]1CC(CO)(CO)OC[C@@H]1C. The summed E-state index contributed by atoms with van der Waals surface area (Å²) < 4.78 is 5.45. The minimum Gasteiger partial charge on any atom is -0.393 e. The average molecular weight is 174 g/mol. The molecule has 3 heteroatoms. The van der Waals surface area contributed by atoms with Crippen LogP contribution in [0.25, 0.3) is 0 Å². The lowest BCUT2D eigenvalue weighted by Gasteiger charge is -2.40. The highest BCUT2D eigenvalue weighted by molar-refractivity contribution is 4.86. The molecule has 0 aliphatic carbocycles. The van der Waals surface area contributed by atoms with E-state index in [4.69, 9.17) is 14.9 Å². The maximum absolute atomic E-state index is 9.06. The van der Waals surface area contributed by atoms with Crippen LogP contribution in [0.4, 0.5) is 0 Å². The van der Waals surface area contributed by atoms with Crippen molar-refractivity contribution >= 4 is 0 Å². The number of hydrogen-bond acceptors (Lipinski definition) is 3. The van der Waals surface area contributed by atoms with Crippen molar-refractivity contribution in [3.63, 3.8) is 0 Å². The van der Waals surface area contributed by atoms with Gasteiger partial charge < -0.3 is 14.9 Å². The van der Waals surface area contributed by atoms with E-state index >= 15 is 0 Å². The van der Waals surface area contributed by atoms with Gasteiger partial charge in [0.1, 0.15) is 5.60 Å². The molecule has 1 saturated heterocycles. The molecule has 0 aromatic rings. The van der Waals surface area contributed by atoms with Crippen LogP contribution in [0.3, 0.4) is 0 Å². The maximum atomic E-state index is 9.06. The van der Waals surface area contributed by atoms with E-state index in [0.29, 0.717) is 18.4 Å². The quantitative estimate of drug-likeness (QED) is 0.637. The van der Waals surface area contributed by atoms with E-state index in [1.165, 1.54) is 0 Å². The van der Waals surface area contributed by atoms with E-state index < -0.39 is 5.60 Å². The minimum atomic E-state index is -0.675. The molecule has 3 nitrogen and oxygen atoms in total. The third-order valence-electron chi connectivity index (χ3n) is 2.89. The number of ether oxygens (including phenoxy) is 1. The number of hydrogen-bond donors (Lipinski definition) is 2. The minimum absolute atomic E-state index is 0.0828. The van der Waals surface area contributed by atoms with Gasteiger partial charge in [-0.05, 0) is 18.3 Å². The van der Waals surface area contributed by atoms with Crippen LogP contribution in [0, 0.1) is 11.8 Å². The van der Waals surface area contributed by atoms with Crippen molar-refractivity contribution in [3.05, 3.63) is 0 Å². The Labute approximate surface area is 73.4 Å². The van der Waals surface area contributed by atoms with Crippen LogP contribution in [0.1, 0.15) is 20.3 Å². The molecule has 1 heterocycles. The molecule has 0 aromatic heterocycles. The Morgan fingerprint density at radius 3 is 2.25 bits per heavy atom. The molecule has 1 aliphatic heterocycles. The molecule has 0 radical (unpaired) electrons. The molecule has 1 fully saturated rings. The van der Waals surface area contributed by atoms with Gasteiger partial charge in [0.2, 0.25) is 0 Å². The van der Waals surface area contributed by atoms with E-state index in [1.807, 2.05) is 0 Å². The van der Waals surface area contributed by atoms with Crippen LogP contribution in [0.5, 0.6) is 0 Å². The van der Waals surface area contributed by atoms with E-state index in [1.54, 1.807) is 0 Å². The third-order valence-corrected chi connectivity index (χ3v) is 2.89. The van der Waals surface area contributed by atoms with Gasteiger partial charge in [-0.2, -0.15) is 0 Å². The zero-order valence-corrected chi connectivity index (χ0v) is 7.79. The summed E-state index contributed by atoms with van der Waals surface area (Å²) >= 11 is 0. The molecular weight excluding hydrogens is 156 g/mol. The first-order chi connectivity index (χ1) is 5.63. The summed E-state index contributed by atoms with van der Waals surface area (Å²) in [6, 6.07) is 0. The van der Waals surface area contributed by atoms with Gasteiger partial charge in [0.25, 0.3) is 0 Å².